The second kappa shape index (κ2) is 5.95. The Hall–Kier alpha value is -1.03. The Morgan fingerprint density at radius 3 is 2.42 bits per heavy atom. The van der Waals surface area contributed by atoms with Crippen molar-refractivity contribution in [1.82, 2.24) is 4.90 Å². The first-order chi connectivity index (χ1) is 9.01. The number of hydrogen-bond donors (Lipinski definition) is 0. The minimum atomic E-state index is 0.0341. The maximum absolute atomic E-state index is 12.0. The van der Waals surface area contributed by atoms with Crippen LogP contribution >= 0.6 is 34.5 Å². The normalized spacial score (nSPS) is 10.5. The molecule has 0 atom stereocenters. The van der Waals surface area contributed by atoms with Gasteiger partial charge >= 0.3 is 0 Å². The number of amides is 1. The summed E-state index contributed by atoms with van der Waals surface area (Å²) in [5, 5.41) is 1.18. The zero-order valence-electron chi connectivity index (χ0n) is 10.6. The van der Waals surface area contributed by atoms with E-state index in [0.717, 1.165) is 15.3 Å². The van der Waals surface area contributed by atoms with E-state index in [1.807, 2.05) is 31.2 Å². The van der Waals surface area contributed by atoms with Gasteiger partial charge in [-0.05, 0) is 42.8 Å². The number of nitrogens with zero attached hydrogens (tertiary/aromatic N) is 1. The first-order valence-corrected chi connectivity index (χ1v) is 7.40. The molecule has 2 nitrogen and oxygen atoms in total. The lowest BCUT2D eigenvalue weighted by atomic mass is 10.2. The molecule has 0 unspecified atom stereocenters. The van der Waals surface area contributed by atoms with Gasteiger partial charge in [0.15, 0.2) is 0 Å². The van der Waals surface area contributed by atoms with E-state index in [1.165, 1.54) is 11.3 Å². The number of thiophene rings is 1. The molecule has 0 aliphatic carbocycles. The molecule has 0 aliphatic rings. The van der Waals surface area contributed by atoms with Crippen molar-refractivity contribution in [3.8, 4) is 10.4 Å². The van der Waals surface area contributed by atoms with E-state index in [2.05, 4.69) is 0 Å². The van der Waals surface area contributed by atoms with E-state index in [0.29, 0.717) is 16.6 Å². The van der Waals surface area contributed by atoms with E-state index in [9.17, 15) is 4.79 Å². The van der Waals surface area contributed by atoms with Gasteiger partial charge in [0.25, 0.3) is 5.91 Å². The van der Waals surface area contributed by atoms with Crippen molar-refractivity contribution in [3.05, 3.63) is 45.3 Å². The molecule has 2 aromatic rings. The summed E-state index contributed by atoms with van der Waals surface area (Å²) in [7, 11) is 1.79. The van der Waals surface area contributed by atoms with Gasteiger partial charge in [-0.2, -0.15) is 0 Å². The lowest BCUT2D eigenvalue weighted by Gasteiger charge is -2.12. The average molecular weight is 314 g/mol. The Morgan fingerprint density at radius 1 is 1.21 bits per heavy atom. The smallest absolute Gasteiger partial charge is 0.263 e. The molecule has 0 bridgehead atoms. The molecule has 0 aliphatic heterocycles. The van der Waals surface area contributed by atoms with Gasteiger partial charge in [-0.1, -0.05) is 23.2 Å². The van der Waals surface area contributed by atoms with Crippen molar-refractivity contribution >= 4 is 40.4 Å². The average Bonchev–Trinajstić information content (AvgIpc) is 2.85. The largest absolute Gasteiger partial charge is 0.341 e. The van der Waals surface area contributed by atoms with Gasteiger partial charge in [0, 0.05) is 28.5 Å². The molecule has 1 aromatic heterocycles. The first kappa shape index (κ1) is 14.4. The molecule has 0 fully saturated rings. The Morgan fingerprint density at radius 2 is 1.84 bits per heavy atom. The van der Waals surface area contributed by atoms with Crippen molar-refractivity contribution in [2.75, 3.05) is 13.6 Å². The molecule has 100 valence electrons. The minimum absolute atomic E-state index is 0.0341. The summed E-state index contributed by atoms with van der Waals surface area (Å²) in [6.07, 6.45) is 0. The van der Waals surface area contributed by atoms with Gasteiger partial charge in [0.05, 0.1) is 4.88 Å². The van der Waals surface area contributed by atoms with Crippen LogP contribution in [0.2, 0.25) is 10.0 Å². The van der Waals surface area contributed by atoms with Crippen LogP contribution in [0.15, 0.2) is 30.3 Å². The van der Waals surface area contributed by atoms with Crippen molar-refractivity contribution < 1.29 is 4.79 Å². The molecule has 1 amide bonds. The van der Waals surface area contributed by atoms with Crippen molar-refractivity contribution in [3.63, 3.8) is 0 Å². The van der Waals surface area contributed by atoms with Gasteiger partial charge in [0.1, 0.15) is 0 Å². The lowest BCUT2D eigenvalue weighted by molar-refractivity contribution is 0.0807. The summed E-state index contributed by atoms with van der Waals surface area (Å²) in [5.74, 6) is 0.0341. The van der Waals surface area contributed by atoms with Crippen LogP contribution in [-0.4, -0.2) is 24.4 Å². The van der Waals surface area contributed by atoms with Crippen molar-refractivity contribution in [1.29, 1.82) is 0 Å². The monoisotopic (exact) mass is 313 g/mol. The summed E-state index contributed by atoms with van der Waals surface area (Å²) in [4.78, 5) is 15.4. The van der Waals surface area contributed by atoms with Crippen LogP contribution in [0.3, 0.4) is 0 Å². The number of benzene rings is 1. The molecule has 0 saturated heterocycles. The van der Waals surface area contributed by atoms with Crippen LogP contribution in [0.5, 0.6) is 0 Å². The van der Waals surface area contributed by atoms with Gasteiger partial charge in [0.2, 0.25) is 0 Å². The minimum Gasteiger partial charge on any atom is -0.341 e. The Bertz CT molecular complexity index is 589. The quantitative estimate of drug-likeness (QED) is 0.796. The second-order valence-electron chi connectivity index (χ2n) is 4.14. The van der Waals surface area contributed by atoms with Crippen LogP contribution in [0.1, 0.15) is 16.6 Å². The third-order valence-corrected chi connectivity index (χ3v) is 4.34. The maximum atomic E-state index is 12.0. The van der Waals surface area contributed by atoms with Gasteiger partial charge in [-0.25, -0.2) is 0 Å². The number of hydrogen-bond acceptors (Lipinski definition) is 2. The Balaban J connectivity index is 2.33. The number of carbonyl (C=O) groups is 1. The highest BCUT2D eigenvalue weighted by Gasteiger charge is 2.13. The van der Waals surface area contributed by atoms with E-state index in [1.54, 1.807) is 18.0 Å². The Labute approximate surface area is 126 Å². The van der Waals surface area contributed by atoms with Gasteiger partial charge in [-0.3, -0.25) is 4.79 Å². The predicted molar refractivity (Wildman–Crippen MR) is 82.4 cm³/mol. The molecule has 0 saturated carbocycles. The first-order valence-electron chi connectivity index (χ1n) is 5.83. The number of halogens is 2. The number of carbonyl (C=O) groups excluding carboxylic acids is 1. The van der Waals surface area contributed by atoms with Crippen LogP contribution in [0.25, 0.3) is 10.4 Å². The highest BCUT2D eigenvalue weighted by Crippen LogP contribution is 2.32. The SMILES string of the molecule is CCN(C)C(=O)c1ccc(-c2cc(Cl)cc(Cl)c2)s1. The third kappa shape index (κ3) is 3.30. The molecule has 1 heterocycles. The number of rotatable bonds is 3. The highest BCUT2D eigenvalue weighted by atomic mass is 35.5. The summed E-state index contributed by atoms with van der Waals surface area (Å²) in [6, 6.07) is 9.14. The van der Waals surface area contributed by atoms with Crippen molar-refractivity contribution in [2.24, 2.45) is 0 Å². The molecule has 2 rings (SSSR count). The zero-order valence-corrected chi connectivity index (χ0v) is 12.9. The second-order valence-corrected chi connectivity index (χ2v) is 6.10. The standard InChI is InChI=1S/C14H13Cl2NOS/c1-3-17(2)14(18)13-5-4-12(19-13)9-6-10(15)8-11(16)7-9/h4-8H,3H2,1-2H3. The summed E-state index contributed by atoms with van der Waals surface area (Å²) >= 11 is 13.4. The fraction of sp³-hybridized carbons (Fsp3) is 0.214. The van der Waals surface area contributed by atoms with E-state index >= 15 is 0 Å². The fourth-order valence-electron chi connectivity index (χ4n) is 1.64. The fourth-order valence-corrected chi connectivity index (χ4v) is 3.15. The van der Waals surface area contributed by atoms with Crippen LogP contribution in [-0.2, 0) is 0 Å². The molecular weight excluding hydrogens is 301 g/mol. The topological polar surface area (TPSA) is 20.3 Å². The maximum Gasteiger partial charge on any atom is 0.263 e. The van der Waals surface area contributed by atoms with Crippen LogP contribution < -0.4 is 0 Å². The highest BCUT2D eigenvalue weighted by molar-refractivity contribution is 7.17. The molecule has 1 aromatic carbocycles. The predicted octanol–water partition coefficient (Wildman–Crippen LogP) is 4.81. The van der Waals surface area contributed by atoms with Crippen LogP contribution in [0, 0.1) is 0 Å². The summed E-state index contributed by atoms with van der Waals surface area (Å²) < 4.78 is 0. The molecule has 5 heteroatoms. The van der Waals surface area contributed by atoms with Gasteiger partial charge in [-0.15, -0.1) is 11.3 Å². The van der Waals surface area contributed by atoms with Gasteiger partial charge < -0.3 is 4.90 Å². The van der Waals surface area contributed by atoms with Crippen molar-refractivity contribution in [2.45, 2.75) is 6.92 Å². The molecule has 0 N–H and O–H groups in total. The molecule has 19 heavy (non-hydrogen) atoms. The third-order valence-electron chi connectivity index (χ3n) is 2.78. The lowest BCUT2D eigenvalue weighted by Crippen LogP contribution is -2.25. The molecular formula is C14H13Cl2NOS. The molecule has 0 radical (unpaired) electrons. The summed E-state index contributed by atoms with van der Waals surface area (Å²) in [5.41, 5.74) is 0.931. The zero-order chi connectivity index (χ0) is 14.0. The van der Waals surface area contributed by atoms with E-state index in [-0.39, 0.29) is 5.91 Å². The summed E-state index contributed by atoms with van der Waals surface area (Å²) in [6.45, 7) is 2.64. The Kier molecular flexibility index (Phi) is 4.50. The van der Waals surface area contributed by atoms with Crippen LogP contribution in [0.4, 0.5) is 0 Å². The molecule has 0 spiro atoms. The van der Waals surface area contributed by atoms with E-state index in [4.69, 9.17) is 23.2 Å². The van der Waals surface area contributed by atoms with E-state index < -0.39 is 0 Å².